The van der Waals surface area contributed by atoms with Gasteiger partial charge in [-0.15, -0.1) is 13.2 Å². The maximum atomic E-state index is 12.4. The summed E-state index contributed by atoms with van der Waals surface area (Å²) in [4.78, 5) is 11.4. The molecule has 4 nitrogen and oxygen atoms in total. The molecule has 0 aliphatic rings. The Bertz CT molecular complexity index is 643. The van der Waals surface area contributed by atoms with Crippen molar-refractivity contribution in [3.8, 4) is 17.6 Å². The van der Waals surface area contributed by atoms with Gasteiger partial charge in [-0.3, -0.25) is 0 Å². The number of benzene rings is 1. The molecule has 0 bridgehead atoms. The van der Waals surface area contributed by atoms with Gasteiger partial charge in [0.1, 0.15) is 11.4 Å². The average molecular weight is 408 g/mol. The first-order chi connectivity index (χ1) is 11.0. The van der Waals surface area contributed by atoms with E-state index in [0.717, 1.165) is 0 Å². The molecule has 8 heteroatoms. The molecule has 1 aromatic rings. The van der Waals surface area contributed by atoms with Gasteiger partial charge in [0.2, 0.25) is 0 Å². The van der Waals surface area contributed by atoms with Crippen molar-refractivity contribution in [3.63, 3.8) is 0 Å². The number of halogens is 4. The first-order valence-electron chi connectivity index (χ1n) is 6.97. The van der Waals surface area contributed by atoms with Crippen LogP contribution >= 0.6 is 15.9 Å². The summed E-state index contributed by atoms with van der Waals surface area (Å²) < 4.78 is 46.5. The van der Waals surface area contributed by atoms with Gasteiger partial charge in [-0.1, -0.05) is 27.8 Å². The van der Waals surface area contributed by atoms with Crippen molar-refractivity contribution in [2.24, 2.45) is 0 Å². The summed E-state index contributed by atoms with van der Waals surface area (Å²) in [6, 6.07) is 4.17. The molecule has 0 saturated carbocycles. The van der Waals surface area contributed by atoms with Crippen LogP contribution in [0.4, 0.5) is 18.0 Å². The van der Waals surface area contributed by atoms with Gasteiger partial charge in [0.05, 0.1) is 5.56 Å². The standard InChI is InChI=1S/C16H17BrF3NO3/c1-15(2,3)24-14(22)21-9-5-4-6-11-7-8-12(17)10-13(11)23-16(18,19)20/h7-8,10H,5,9H2,1-3H3,(H,21,22). The molecule has 0 atom stereocenters. The van der Waals surface area contributed by atoms with Crippen LogP contribution in [-0.4, -0.2) is 24.6 Å². The number of alkyl halides is 3. The zero-order valence-corrected chi connectivity index (χ0v) is 15.0. The first-order valence-corrected chi connectivity index (χ1v) is 7.76. The van der Waals surface area contributed by atoms with Crippen molar-refractivity contribution in [1.82, 2.24) is 5.32 Å². The van der Waals surface area contributed by atoms with Crippen molar-refractivity contribution in [2.75, 3.05) is 6.54 Å². The Morgan fingerprint density at radius 1 is 1.29 bits per heavy atom. The Morgan fingerprint density at radius 2 is 1.96 bits per heavy atom. The second-order valence-electron chi connectivity index (χ2n) is 5.67. The van der Waals surface area contributed by atoms with E-state index in [1.807, 2.05) is 0 Å². The third-order valence-electron chi connectivity index (χ3n) is 2.31. The minimum Gasteiger partial charge on any atom is -0.444 e. The number of nitrogens with one attached hydrogen (secondary N) is 1. The van der Waals surface area contributed by atoms with Crippen LogP contribution in [0.5, 0.6) is 5.75 Å². The monoisotopic (exact) mass is 407 g/mol. The van der Waals surface area contributed by atoms with Crippen molar-refractivity contribution in [2.45, 2.75) is 39.2 Å². The van der Waals surface area contributed by atoms with Crippen molar-refractivity contribution < 1.29 is 27.4 Å². The average Bonchev–Trinajstić information content (AvgIpc) is 2.36. The molecule has 0 spiro atoms. The maximum Gasteiger partial charge on any atom is 0.573 e. The van der Waals surface area contributed by atoms with E-state index in [4.69, 9.17) is 4.74 Å². The highest BCUT2D eigenvalue weighted by Crippen LogP contribution is 2.28. The summed E-state index contributed by atoms with van der Waals surface area (Å²) in [5, 5.41) is 2.51. The molecular weight excluding hydrogens is 391 g/mol. The van der Waals surface area contributed by atoms with Crippen LogP contribution in [0, 0.1) is 11.8 Å². The van der Waals surface area contributed by atoms with E-state index in [1.165, 1.54) is 12.1 Å². The van der Waals surface area contributed by atoms with Crippen LogP contribution < -0.4 is 10.1 Å². The van der Waals surface area contributed by atoms with Gasteiger partial charge in [0.15, 0.2) is 0 Å². The Hall–Kier alpha value is -1.88. The molecular formula is C16H17BrF3NO3. The predicted octanol–water partition coefficient (Wildman–Crippen LogP) is 4.61. The van der Waals surface area contributed by atoms with E-state index >= 15 is 0 Å². The third kappa shape index (κ3) is 8.67. The highest BCUT2D eigenvalue weighted by atomic mass is 79.9. The van der Waals surface area contributed by atoms with E-state index in [9.17, 15) is 18.0 Å². The van der Waals surface area contributed by atoms with Crippen LogP contribution in [0.15, 0.2) is 22.7 Å². The van der Waals surface area contributed by atoms with E-state index in [2.05, 4.69) is 37.8 Å². The molecule has 0 aromatic heterocycles. The first kappa shape index (κ1) is 20.2. The summed E-state index contributed by atoms with van der Waals surface area (Å²) >= 11 is 3.08. The summed E-state index contributed by atoms with van der Waals surface area (Å²) in [7, 11) is 0. The van der Waals surface area contributed by atoms with Gasteiger partial charge in [0, 0.05) is 17.4 Å². The highest BCUT2D eigenvalue weighted by Gasteiger charge is 2.32. The minimum atomic E-state index is -4.80. The zero-order valence-electron chi connectivity index (χ0n) is 13.4. The van der Waals surface area contributed by atoms with E-state index in [-0.39, 0.29) is 24.3 Å². The summed E-state index contributed by atoms with van der Waals surface area (Å²) in [5.74, 6) is 4.89. The SMILES string of the molecule is CC(C)(C)OC(=O)NCCC#Cc1ccc(Br)cc1OC(F)(F)F. The van der Waals surface area contributed by atoms with Gasteiger partial charge in [-0.25, -0.2) is 4.79 Å². The Kier molecular flexibility index (Phi) is 6.96. The Balaban J connectivity index is 2.62. The van der Waals surface area contributed by atoms with Crippen LogP contribution in [0.3, 0.4) is 0 Å². The van der Waals surface area contributed by atoms with Gasteiger partial charge in [-0.05, 0) is 39.0 Å². The van der Waals surface area contributed by atoms with Crippen molar-refractivity contribution in [1.29, 1.82) is 0 Å². The van der Waals surface area contributed by atoms with Gasteiger partial charge in [-0.2, -0.15) is 0 Å². The minimum absolute atomic E-state index is 0.104. The quantitative estimate of drug-likeness (QED) is 0.587. The van der Waals surface area contributed by atoms with Gasteiger partial charge < -0.3 is 14.8 Å². The predicted molar refractivity (Wildman–Crippen MR) is 86.6 cm³/mol. The molecule has 0 fully saturated rings. The number of carbonyl (C=O) groups is 1. The van der Waals surface area contributed by atoms with E-state index in [1.54, 1.807) is 26.8 Å². The number of ether oxygens (including phenoxy) is 2. The second-order valence-corrected chi connectivity index (χ2v) is 6.58. The molecule has 1 N–H and O–H groups in total. The summed E-state index contributed by atoms with van der Waals surface area (Å²) in [6.07, 6.45) is -5.12. The molecule has 0 aliphatic carbocycles. The number of carbonyl (C=O) groups excluding carboxylic acids is 1. The lowest BCUT2D eigenvalue weighted by molar-refractivity contribution is -0.274. The fraction of sp³-hybridized carbons (Fsp3) is 0.438. The summed E-state index contributed by atoms with van der Waals surface area (Å²) in [6.45, 7) is 5.43. The Morgan fingerprint density at radius 3 is 2.54 bits per heavy atom. The van der Waals surface area contributed by atoms with Crippen LogP contribution in [0.2, 0.25) is 0 Å². The molecule has 1 aromatic carbocycles. The topological polar surface area (TPSA) is 47.6 Å². The van der Waals surface area contributed by atoms with Gasteiger partial charge in [0.25, 0.3) is 0 Å². The Labute approximate surface area is 146 Å². The fourth-order valence-electron chi connectivity index (χ4n) is 1.51. The van der Waals surface area contributed by atoms with E-state index in [0.29, 0.717) is 4.47 Å². The number of amides is 1. The normalized spacial score (nSPS) is 11.3. The molecule has 0 radical (unpaired) electrons. The molecule has 1 rings (SSSR count). The number of hydrogen-bond donors (Lipinski definition) is 1. The maximum absolute atomic E-state index is 12.4. The largest absolute Gasteiger partial charge is 0.573 e. The molecule has 1 amide bonds. The molecule has 0 unspecified atom stereocenters. The lowest BCUT2D eigenvalue weighted by atomic mass is 10.2. The van der Waals surface area contributed by atoms with E-state index < -0.39 is 18.1 Å². The van der Waals surface area contributed by atoms with Crippen LogP contribution in [-0.2, 0) is 4.74 Å². The van der Waals surface area contributed by atoms with Gasteiger partial charge >= 0.3 is 12.5 Å². The molecule has 0 aliphatic heterocycles. The second kappa shape index (κ2) is 8.29. The lowest BCUT2D eigenvalue weighted by Crippen LogP contribution is -2.32. The number of rotatable bonds is 3. The molecule has 0 saturated heterocycles. The number of alkyl carbamates (subject to hydrolysis) is 1. The van der Waals surface area contributed by atoms with Crippen molar-refractivity contribution >= 4 is 22.0 Å². The third-order valence-corrected chi connectivity index (χ3v) is 2.80. The molecule has 24 heavy (non-hydrogen) atoms. The fourth-order valence-corrected chi connectivity index (χ4v) is 1.85. The lowest BCUT2D eigenvalue weighted by Gasteiger charge is -2.19. The smallest absolute Gasteiger partial charge is 0.444 e. The number of hydrogen-bond acceptors (Lipinski definition) is 3. The zero-order chi connectivity index (χ0) is 18.4. The highest BCUT2D eigenvalue weighted by molar-refractivity contribution is 9.10. The molecule has 0 heterocycles. The summed E-state index contributed by atoms with van der Waals surface area (Å²) in [5.41, 5.74) is -0.496. The van der Waals surface area contributed by atoms with Crippen molar-refractivity contribution in [3.05, 3.63) is 28.2 Å². The van der Waals surface area contributed by atoms with Crippen LogP contribution in [0.25, 0.3) is 0 Å². The van der Waals surface area contributed by atoms with Crippen LogP contribution in [0.1, 0.15) is 32.8 Å². The molecule has 132 valence electrons.